The lowest BCUT2D eigenvalue weighted by molar-refractivity contribution is -0.127. The maximum Gasteiger partial charge on any atom is 0.235 e. The molecule has 3 saturated carbocycles. The van der Waals surface area contributed by atoms with E-state index in [9.17, 15) is 5.11 Å². The third-order valence-corrected chi connectivity index (χ3v) is 11.9. The lowest BCUT2D eigenvalue weighted by atomic mass is 9.44. The van der Waals surface area contributed by atoms with E-state index >= 15 is 0 Å². The molecule has 3 fully saturated rings. The van der Waals surface area contributed by atoms with E-state index in [0.717, 1.165) is 48.9 Å². The molecule has 37 heavy (non-hydrogen) atoms. The van der Waals surface area contributed by atoms with Gasteiger partial charge in [-0.3, -0.25) is 4.40 Å². The molecule has 4 aromatic rings. The van der Waals surface area contributed by atoms with Gasteiger partial charge in [0.25, 0.3) is 0 Å². The summed E-state index contributed by atoms with van der Waals surface area (Å²) in [7, 11) is 0. The van der Waals surface area contributed by atoms with Crippen LogP contribution >= 0.6 is 0 Å². The zero-order chi connectivity index (χ0) is 25.2. The Bertz CT molecular complexity index is 1650. The summed E-state index contributed by atoms with van der Waals surface area (Å²) in [6, 6.07) is 13.0. The first-order chi connectivity index (χ1) is 17.8. The first-order valence-electron chi connectivity index (χ1n) is 14.2. The highest BCUT2D eigenvalue weighted by Gasteiger charge is 2.64. The summed E-state index contributed by atoms with van der Waals surface area (Å²) in [5, 5.41) is 13.8. The Morgan fingerprint density at radius 1 is 1.00 bits per heavy atom. The fourth-order valence-electron chi connectivity index (χ4n) is 9.76. The van der Waals surface area contributed by atoms with E-state index in [2.05, 4.69) is 66.8 Å². The fourth-order valence-corrected chi connectivity index (χ4v) is 9.76. The van der Waals surface area contributed by atoms with Gasteiger partial charge in [0.05, 0.1) is 11.0 Å². The molecule has 0 spiro atoms. The molecule has 4 aliphatic carbocycles. The summed E-state index contributed by atoms with van der Waals surface area (Å²) >= 11 is 0. The lowest BCUT2D eigenvalue weighted by Gasteiger charge is -2.60. The van der Waals surface area contributed by atoms with Crippen molar-refractivity contribution in [1.82, 2.24) is 14.4 Å². The van der Waals surface area contributed by atoms with Crippen LogP contribution in [-0.2, 0) is 12.8 Å². The van der Waals surface area contributed by atoms with Crippen molar-refractivity contribution in [2.45, 2.75) is 70.8 Å². The molecule has 0 saturated heterocycles. The Kier molecular flexibility index (Phi) is 4.27. The van der Waals surface area contributed by atoms with Gasteiger partial charge in [0.2, 0.25) is 5.78 Å². The molecule has 1 N–H and O–H groups in total. The molecule has 2 aromatic heterocycles. The first-order valence-corrected chi connectivity index (χ1v) is 14.2. The monoisotopic (exact) mass is 489 g/mol. The van der Waals surface area contributed by atoms with Crippen LogP contribution < -0.4 is 0 Å². The SMILES string of the molecule is C#C[C@]1(O)CCC2C3CC[C@H]4Cc5nc6nc7cc8ccccc8cc7n6cc5C[C@]4(C)C3CC[C@@]21C. The highest BCUT2D eigenvalue weighted by Crippen LogP contribution is 2.67. The van der Waals surface area contributed by atoms with Gasteiger partial charge in [0.15, 0.2) is 0 Å². The number of rotatable bonds is 0. The topological polar surface area (TPSA) is 50.4 Å². The van der Waals surface area contributed by atoms with Gasteiger partial charge in [0, 0.05) is 17.3 Å². The number of benzene rings is 2. The molecule has 2 aromatic carbocycles. The number of aromatic nitrogens is 3. The fraction of sp³-hybridized carbons (Fsp3) is 0.515. The van der Waals surface area contributed by atoms with E-state index in [0.29, 0.717) is 23.7 Å². The van der Waals surface area contributed by atoms with E-state index in [1.54, 1.807) is 0 Å². The molecule has 3 unspecified atom stereocenters. The van der Waals surface area contributed by atoms with E-state index < -0.39 is 5.60 Å². The van der Waals surface area contributed by atoms with Crippen molar-refractivity contribution in [2.75, 3.05) is 0 Å². The number of fused-ring (bicyclic) bond motifs is 10. The van der Waals surface area contributed by atoms with E-state index in [4.69, 9.17) is 16.4 Å². The highest BCUT2D eigenvalue weighted by molar-refractivity contribution is 5.96. The summed E-state index contributed by atoms with van der Waals surface area (Å²) in [4.78, 5) is 10.1. The average Bonchev–Trinajstić information content (AvgIpc) is 3.38. The summed E-state index contributed by atoms with van der Waals surface area (Å²) in [5.74, 6) is 6.23. The molecule has 0 bridgehead atoms. The maximum atomic E-state index is 11.4. The van der Waals surface area contributed by atoms with Gasteiger partial charge < -0.3 is 5.11 Å². The molecular formula is C33H35N3O. The van der Waals surface area contributed by atoms with Crippen molar-refractivity contribution in [1.29, 1.82) is 0 Å². The Morgan fingerprint density at radius 3 is 2.59 bits per heavy atom. The second-order valence-corrected chi connectivity index (χ2v) is 13.2. The minimum Gasteiger partial charge on any atom is -0.377 e. The molecule has 2 heterocycles. The van der Waals surface area contributed by atoms with Crippen molar-refractivity contribution in [2.24, 2.45) is 34.5 Å². The van der Waals surface area contributed by atoms with Gasteiger partial charge in [-0.15, -0.1) is 6.42 Å². The molecule has 4 nitrogen and oxygen atoms in total. The minimum absolute atomic E-state index is 0.134. The summed E-state index contributed by atoms with van der Waals surface area (Å²) < 4.78 is 2.23. The molecule has 7 atom stereocenters. The molecule has 4 aliphatic rings. The van der Waals surface area contributed by atoms with E-state index in [1.807, 2.05) is 0 Å². The molecule has 4 heteroatoms. The van der Waals surface area contributed by atoms with Crippen LogP contribution in [0.25, 0.3) is 27.6 Å². The number of hydrogen-bond donors (Lipinski definition) is 1. The Balaban J connectivity index is 1.20. The average molecular weight is 490 g/mol. The van der Waals surface area contributed by atoms with Crippen LogP contribution in [0.15, 0.2) is 42.6 Å². The summed E-state index contributed by atoms with van der Waals surface area (Å²) in [6.45, 7) is 4.87. The highest BCUT2D eigenvalue weighted by atomic mass is 16.3. The molecule has 0 radical (unpaired) electrons. The van der Waals surface area contributed by atoms with Crippen LogP contribution in [0.1, 0.15) is 63.6 Å². The zero-order valence-electron chi connectivity index (χ0n) is 21.9. The normalized spacial score (nSPS) is 38.6. The van der Waals surface area contributed by atoms with Crippen LogP contribution in [-0.4, -0.2) is 25.1 Å². The summed E-state index contributed by atoms with van der Waals surface area (Å²) in [6.07, 6.45) is 17.0. The molecule has 188 valence electrons. The van der Waals surface area contributed by atoms with Gasteiger partial charge in [-0.1, -0.05) is 44.0 Å². The maximum absolute atomic E-state index is 11.4. The zero-order valence-corrected chi connectivity index (χ0v) is 21.9. The van der Waals surface area contributed by atoms with Crippen molar-refractivity contribution in [3.05, 3.63) is 53.9 Å². The first kappa shape index (κ1) is 22.1. The Labute approximate surface area is 218 Å². The quantitative estimate of drug-likeness (QED) is 0.293. The third-order valence-electron chi connectivity index (χ3n) is 11.9. The number of imidazole rings is 1. The smallest absolute Gasteiger partial charge is 0.235 e. The summed E-state index contributed by atoms with van der Waals surface area (Å²) in [5.41, 5.74) is 4.03. The molecule has 0 amide bonds. The third kappa shape index (κ3) is 2.74. The second kappa shape index (κ2) is 7.14. The van der Waals surface area contributed by atoms with Crippen molar-refractivity contribution in [3.8, 4) is 12.3 Å². The minimum atomic E-state index is -0.929. The lowest BCUT2D eigenvalue weighted by Crippen LogP contribution is -2.56. The van der Waals surface area contributed by atoms with Crippen LogP contribution in [0.2, 0.25) is 0 Å². The van der Waals surface area contributed by atoms with Gasteiger partial charge >= 0.3 is 0 Å². The van der Waals surface area contributed by atoms with Gasteiger partial charge in [-0.05, 0) is 109 Å². The predicted molar refractivity (Wildman–Crippen MR) is 147 cm³/mol. The molecular weight excluding hydrogens is 454 g/mol. The van der Waals surface area contributed by atoms with Gasteiger partial charge in [-0.2, -0.15) is 0 Å². The van der Waals surface area contributed by atoms with Crippen molar-refractivity contribution < 1.29 is 5.11 Å². The van der Waals surface area contributed by atoms with Gasteiger partial charge in [0.1, 0.15) is 5.60 Å². The van der Waals surface area contributed by atoms with E-state index in [-0.39, 0.29) is 10.8 Å². The van der Waals surface area contributed by atoms with Crippen molar-refractivity contribution in [3.63, 3.8) is 0 Å². The molecule has 8 rings (SSSR count). The van der Waals surface area contributed by atoms with Crippen LogP contribution in [0.3, 0.4) is 0 Å². The number of nitrogens with zero attached hydrogens (tertiary/aromatic N) is 3. The standard InChI is InChI=1S/C33H35N3O/c1-4-33(37)14-12-26-24-10-9-23-17-27-22(18-31(23,2)25(24)11-13-32(26,33)3)19-36-29-16-21-8-6-5-7-20(21)15-28(29)35-30(36)34-27/h1,5-8,15-16,19,23-26,37H,9-14,17-18H2,2-3H3/t23-,24?,25?,26?,31-,32-,33-/m0/s1. The van der Waals surface area contributed by atoms with Crippen molar-refractivity contribution >= 4 is 27.6 Å². The van der Waals surface area contributed by atoms with Crippen LogP contribution in [0.5, 0.6) is 0 Å². The largest absolute Gasteiger partial charge is 0.377 e. The predicted octanol–water partition coefficient (Wildman–Crippen LogP) is 6.36. The number of aliphatic hydroxyl groups is 1. The van der Waals surface area contributed by atoms with Crippen LogP contribution in [0.4, 0.5) is 0 Å². The van der Waals surface area contributed by atoms with E-state index in [1.165, 1.54) is 41.3 Å². The Hall–Kier alpha value is -2.90. The van der Waals surface area contributed by atoms with Gasteiger partial charge in [-0.25, -0.2) is 9.97 Å². The van der Waals surface area contributed by atoms with Crippen LogP contribution in [0, 0.1) is 46.8 Å². The second-order valence-electron chi connectivity index (χ2n) is 13.2. The Morgan fingerprint density at radius 2 is 1.78 bits per heavy atom. The molecule has 0 aliphatic heterocycles. The number of terminal acetylenes is 1. The number of hydrogen-bond acceptors (Lipinski definition) is 3.